The maximum atomic E-state index is 11.8. The van der Waals surface area contributed by atoms with Gasteiger partial charge in [-0.2, -0.15) is 0 Å². The van der Waals surface area contributed by atoms with Gasteiger partial charge in [-0.25, -0.2) is 9.78 Å². The van der Waals surface area contributed by atoms with E-state index in [1.54, 1.807) is 24.5 Å². The molecule has 1 atom stereocenters. The summed E-state index contributed by atoms with van der Waals surface area (Å²) in [4.78, 5) is 20.2. The summed E-state index contributed by atoms with van der Waals surface area (Å²) in [6, 6.07) is -0.0858. The first-order valence-corrected chi connectivity index (χ1v) is 5.25. The maximum absolute atomic E-state index is 11.8. The van der Waals surface area contributed by atoms with Gasteiger partial charge in [0.2, 0.25) is 0 Å². The van der Waals surface area contributed by atoms with Gasteiger partial charge in [0.05, 0.1) is 24.3 Å². The second kappa shape index (κ2) is 4.55. The third-order valence-corrected chi connectivity index (χ3v) is 2.23. The Hall–Kier alpha value is -1.52. The molecule has 0 saturated heterocycles. The van der Waals surface area contributed by atoms with Crippen LogP contribution in [0.2, 0.25) is 0 Å². The topological polar surface area (TPSA) is 58.2 Å². The number of amides is 1. The van der Waals surface area contributed by atoms with Crippen molar-refractivity contribution in [2.24, 2.45) is 0 Å². The maximum Gasteiger partial charge on any atom is 0.410 e. The SMILES string of the molecule is CC(c1cnc[nH]1)N(C)C(=O)OC(C)(C)C. The van der Waals surface area contributed by atoms with Gasteiger partial charge in [0.25, 0.3) is 0 Å². The summed E-state index contributed by atoms with van der Waals surface area (Å²) in [6.07, 6.45) is 2.95. The molecule has 0 spiro atoms. The number of aromatic nitrogens is 2. The van der Waals surface area contributed by atoms with Crippen molar-refractivity contribution < 1.29 is 9.53 Å². The molecule has 0 saturated carbocycles. The van der Waals surface area contributed by atoms with Crippen molar-refractivity contribution in [2.75, 3.05) is 7.05 Å². The van der Waals surface area contributed by atoms with E-state index in [2.05, 4.69) is 9.97 Å². The van der Waals surface area contributed by atoms with Crippen LogP contribution >= 0.6 is 0 Å². The van der Waals surface area contributed by atoms with Gasteiger partial charge in [-0.15, -0.1) is 0 Å². The van der Waals surface area contributed by atoms with Gasteiger partial charge in [-0.1, -0.05) is 0 Å². The number of nitrogens with one attached hydrogen (secondary N) is 1. The third-order valence-electron chi connectivity index (χ3n) is 2.23. The molecule has 5 nitrogen and oxygen atoms in total. The Bertz CT molecular complexity index is 341. The number of imidazole rings is 1. The number of carbonyl (C=O) groups is 1. The largest absolute Gasteiger partial charge is 0.444 e. The molecule has 1 heterocycles. The molecular formula is C11H19N3O2. The molecule has 1 unspecified atom stereocenters. The molecule has 0 aromatic carbocycles. The van der Waals surface area contributed by atoms with Crippen LogP contribution in [0.3, 0.4) is 0 Å². The van der Waals surface area contributed by atoms with Crippen molar-refractivity contribution in [3.8, 4) is 0 Å². The average molecular weight is 225 g/mol. The van der Waals surface area contributed by atoms with E-state index in [4.69, 9.17) is 4.74 Å². The zero-order valence-corrected chi connectivity index (χ0v) is 10.4. The lowest BCUT2D eigenvalue weighted by molar-refractivity contribution is 0.0231. The Kier molecular flexibility index (Phi) is 3.57. The zero-order valence-electron chi connectivity index (χ0n) is 10.4. The predicted molar refractivity (Wildman–Crippen MR) is 61.0 cm³/mol. The van der Waals surface area contributed by atoms with Crippen LogP contribution in [0.4, 0.5) is 4.79 Å². The fourth-order valence-corrected chi connectivity index (χ4v) is 1.20. The van der Waals surface area contributed by atoms with Gasteiger partial charge in [0, 0.05) is 7.05 Å². The van der Waals surface area contributed by atoms with Crippen molar-refractivity contribution in [2.45, 2.75) is 39.3 Å². The summed E-state index contributed by atoms with van der Waals surface area (Å²) < 4.78 is 5.27. The number of hydrogen-bond donors (Lipinski definition) is 1. The van der Waals surface area contributed by atoms with Crippen LogP contribution in [-0.4, -0.2) is 33.6 Å². The number of hydrogen-bond acceptors (Lipinski definition) is 3. The fourth-order valence-electron chi connectivity index (χ4n) is 1.20. The smallest absolute Gasteiger partial charge is 0.410 e. The summed E-state index contributed by atoms with van der Waals surface area (Å²) in [7, 11) is 1.71. The van der Waals surface area contributed by atoms with Gasteiger partial charge < -0.3 is 14.6 Å². The highest BCUT2D eigenvalue weighted by molar-refractivity contribution is 5.68. The van der Waals surface area contributed by atoms with Gasteiger partial charge in [0.1, 0.15) is 5.60 Å². The minimum Gasteiger partial charge on any atom is -0.444 e. The van der Waals surface area contributed by atoms with Crippen LogP contribution < -0.4 is 0 Å². The summed E-state index contributed by atoms with van der Waals surface area (Å²) in [5, 5.41) is 0. The van der Waals surface area contributed by atoms with E-state index in [1.165, 1.54) is 0 Å². The highest BCUT2D eigenvalue weighted by Gasteiger charge is 2.24. The Labute approximate surface area is 95.8 Å². The molecular weight excluding hydrogens is 206 g/mol. The lowest BCUT2D eigenvalue weighted by atomic mass is 10.2. The Morgan fingerprint density at radius 3 is 2.62 bits per heavy atom. The number of nitrogens with zero attached hydrogens (tertiary/aromatic N) is 2. The van der Waals surface area contributed by atoms with Crippen LogP contribution in [-0.2, 0) is 4.74 Å². The Morgan fingerprint density at radius 1 is 1.56 bits per heavy atom. The van der Waals surface area contributed by atoms with E-state index in [0.29, 0.717) is 0 Å². The lowest BCUT2D eigenvalue weighted by Gasteiger charge is -2.28. The molecule has 5 heteroatoms. The Balaban J connectivity index is 2.64. The first-order chi connectivity index (χ1) is 7.31. The first kappa shape index (κ1) is 12.5. The highest BCUT2D eigenvalue weighted by Crippen LogP contribution is 2.18. The van der Waals surface area contributed by atoms with Crippen LogP contribution in [0.5, 0.6) is 0 Å². The Morgan fingerprint density at radius 2 is 2.19 bits per heavy atom. The average Bonchev–Trinajstić information content (AvgIpc) is 2.65. The zero-order chi connectivity index (χ0) is 12.3. The quantitative estimate of drug-likeness (QED) is 0.840. The molecule has 0 aliphatic rings. The van der Waals surface area contributed by atoms with Crippen LogP contribution in [0.15, 0.2) is 12.5 Å². The molecule has 0 aliphatic heterocycles. The number of rotatable bonds is 2. The van der Waals surface area contributed by atoms with Gasteiger partial charge in [-0.05, 0) is 27.7 Å². The normalized spacial score (nSPS) is 13.3. The summed E-state index contributed by atoms with van der Waals surface area (Å²) in [5.41, 5.74) is 0.410. The van der Waals surface area contributed by atoms with Crippen molar-refractivity contribution >= 4 is 6.09 Å². The monoisotopic (exact) mass is 225 g/mol. The van der Waals surface area contributed by atoms with E-state index in [-0.39, 0.29) is 12.1 Å². The highest BCUT2D eigenvalue weighted by atomic mass is 16.6. The van der Waals surface area contributed by atoms with E-state index >= 15 is 0 Å². The van der Waals surface area contributed by atoms with Crippen molar-refractivity contribution in [1.29, 1.82) is 0 Å². The molecule has 1 aromatic heterocycles. The molecule has 1 rings (SSSR count). The summed E-state index contributed by atoms with van der Waals surface area (Å²) in [5.74, 6) is 0. The molecule has 90 valence electrons. The molecule has 0 bridgehead atoms. The number of H-pyrrole nitrogens is 1. The van der Waals surface area contributed by atoms with Crippen molar-refractivity contribution in [3.63, 3.8) is 0 Å². The molecule has 0 fully saturated rings. The van der Waals surface area contributed by atoms with Crippen LogP contribution in [0, 0.1) is 0 Å². The van der Waals surface area contributed by atoms with Gasteiger partial charge in [-0.3, -0.25) is 0 Å². The van der Waals surface area contributed by atoms with E-state index in [0.717, 1.165) is 5.69 Å². The standard InChI is InChI=1S/C11H19N3O2/c1-8(9-6-12-7-13-9)14(5)10(15)16-11(2,3)4/h6-8H,1-5H3,(H,12,13). The second-order valence-electron chi connectivity index (χ2n) is 4.77. The number of ether oxygens (including phenoxy) is 1. The molecule has 0 radical (unpaired) electrons. The molecule has 0 aliphatic carbocycles. The van der Waals surface area contributed by atoms with E-state index in [1.807, 2.05) is 27.7 Å². The first-order valence-electron chi connectivity index (χ1n) is 5.25. The van der Waals surface area contributed by atoms with Crippen molar-refractivity contribution in [1.82, 2.24) is 14.9 Å². The minimum absolute atomic E-state index is 0.0858. The molecule has 16 heavy (non-hydrogen) atoms. The minimum atomic E-state index is -0.473. The van der Waals surface area contributed by atoms with Crippen LogP contribution in [0.1, 0.15) is 39.4 Å². The molecule has 1 amide bonds. The summed E-state index contributed by atoms with van der Waals surface area (Å²) >= 11 is 0. The number of carbonyl (C=O) groups excluding carboxylic acids is 1. The van der Waals surface area contributed by atoms with Crippen LogP contribution in [0.25, 0.3) is 0 Å². The number of aromatic amines is 1. The molecule has 1 aromatic rings. The predicted octanol–water partition coefficient (Wildman–Crippen LogP) is 2.34. The fraction of sp³-hybridized carbons (Fsp3) is 0.636. The molecule has 1 N–H and O–H groups in total. The van der Waals surface area contributed by atoms with E-state index < -0.39 is 5.60 Å². The third kappa shape index (κ3) is 3.25. The second-order valence-corrected chi connectivity index (χ2v) is 4.77. The van der Waals surface area contributed by atoms with Gasteiger partial charge >= 0.3 is 6.09 Å². The van der Waals surface area contributed by atoms with Gasteiger partial charge in [0.15, 0.2) is 0 Å². The lowest BCUT2D eigenvalue weighted by Crippen LogP contribution is -2.35. The van der Waals surface area contributed by atoms with E-state index in [9.17, 15) is 4.79 Å². The summed E-state index contributed by atoms with van der Waals surface area (Å²) in [6.45, 7) is 7.45. The van der Waals surface area contributed by atoms with Crippen molar-refractivity contribution in [3.05, 3.63) is 18.2 Å².